The molecule has 0 fully saturated rings. The first-order valence-electron chi connectivity index (χ1n) is 5.86. The molecule has 1 rings (SSSR count). The molecule has 0 bridgehead atoms. The second kappa shape index (κ2) is 6.28. The molecule has 0 saturated carbocycles. The van der Waals surface area contributed by atoms with Gasteiger partial charge in [-0.05, 0) is 24.1 Å². The molecule has 0 aliphatic heterocycles. The number of ether oxygens (including phenoxy) is 2. The largest absolute Gasteiger partial charge is 0.493 e. The molecule has 0 aliphatic carbocycles. The van der Waals surface area contributed by atoms with Crippen LogP contribution in [0.3, 0.4) is 0 Å². The van der Waals surface area contributed by atoms with E-state index in [0.29, 0.717) is 23.7 Å². The Labute approximate surface area is 103 Å². The fourth-order valence-corrected chi connectivity index (χ4v) is 1.82. The highest BCUT2D eigenvalue weighted by Crippen LogP contribution is 2.28. The van der Waals surface area contributed by atoms with Crippen LogP contribution < -0.4 is 9.47 Å². The molecule has 1 atom stereocenters. The van der Waals surface area contributed by atoms with Gasteiger partial charge in [-0.25, -0.2) is 0 Å². The van der Waals surface area contributed by atoms with Gasteiger partial charge in [-0.2, -0.15) is 0 Å². The fraction of sp³-hybridized carbons (Fsp3) is 0.500. The summed E-state index contributed by atoms with van der Waals surface area (Å²) < 4.78 is 10.4. The number of Topliss-reactive ketones (excluding diaryl/α,β-unsaturated/α-hetero) is 1. The highest BCUT2D eigenvalue weighted by Gasteiger charge is 2.13. The van der Waals surface area contributed by atoms with E-state index in [1.165, 1.54) is 0 Å². The SMILES string of the molecule is CCC(=O)C(C)Cc1ccc(OC)c(OC)c1. The molecule has 0 spiro atoms. The smallest absolute Gasteiger partial charge is 0.160 e. The number of hydrogen-bond donors (Lipinski definition) is 0. The van der Waals surface area contributed by atoms with E-state index in [-0.39, 0.29) is 5.92 Å². The molecule has 0 heterocycles. The Kier molecular flexibility index (Phi) is 5.01. The second-order valence-electron chi connectivity index (χ2n) is 4.11. The standard InChI is InChI=1S/C14H20O3/c1-5-12(15)10(2)8-11-6-7-13(16-3)14(9-11)17-4/h6-7,9-10H,5,8H2,1-4H3. The van der Waals surface area contributed by atoms with Crippen LogP contribution >= 0.6 is 0 Å². The normalized spacial score (nSPS) is 12.0. The minimum atomic E-state index is 0.0538. The van der Waals surface area contributed by atoms with Gasteiger partial charge in [-0.3, -0.25) is 4.79 Å². The van der Waals surface area contributed by atoms with Crippen molar-refractivity contribution in [2.45, 2.75) is 26.7 Å². The lowest BCUT2D eigenvalue weighted by Gasteiger charge is -2.12. The summed E-state index contributed by atoms with van der Waals surface area (Å²) in [7, 11) is 3.23. The van der Waals surface area contributed by atoms with Crippen LogP contribution in [0.15, 0.2) is 18.2 Å². The third kappa shape index (κ3) is 3.48. The van der Waals surface area contributed by atoms with Crippen LogP contribution in [0.25, 0.3) is 0 Å². The Morgan fingerprint density at radius 3 is 2.41 bits per heavy atom. The van der Waals surface area contributed by atoms with Crippen molar-refractivity contribution < 1.29 is 14.3 Å². The minimum absolute atomic E-state index is 0.0538. The number of carbonyl (C=O) groups is 1. The number of rotatable bonds is 6. The van der Waals surface area contributed by atoms with Gasteiger partial charge in [0.2, 0.25) is 0 Å². The van der Waals surface area contributed by atoms with Crippen LogP contribution in [0, 0.1) is 5.92 Å². The average molecular weight is 236 g/mol. The Morgan fingerprint density at radius 1 is 1.24 bits per heavy atom. The van der Waals surface area contributed by atoms with Gasteiger partial charge < -0.3 is 9.47 Å². The Hall–Kier alpha value is -1.51. The van der Waals surface area contributed by atoms with Crippen LogP contribution in [0.5, 0.6) is 11.5 Å². The van der Waals surface area contributed by atoms with E-state index in [2.05, 4.69) is 0 Å². The first-order chi connectivity index (χ1) is 8.12. The van der Waals surface area contributed by atoms with E-state index in [4.69, 9.17) is 9.47 Å². The van der Waals surface area contributed by atoms with E-state index in [1.807, 2.05) is 32.0 Å². The number of benzene rings is 1. The fourth-order valence-electron chi connectivity index (χ4n) is 1.82. The summed E-state index contributed by atoms with van der Waals surface area (Å²) in [5, 5.41) is 0. The predicted octanol–water partition coefficient (Wildman–Crippen LogP) is 2.86. The number of carbonyl (C=O) groups excluding carboxylic acids is 1. The molecule has 3 nitrogen and oxygen atoms in total. The third-order valence-corrected chi connectivity index (χ3v) is 2.89. The zero-order chi connectivity index (χ0) is 12.8. The lowest BCUT2D eigenvalue weighted by Crippen LogP contribution is -2.12. The summed E-state index contributed by atoms with van der Waals surface area (Å²) in [4.78, 5) is 11.5. The van der Waals surface area contributed by atoms with E-state index < -0.39 is 0 Å². The zero-order valence-corrected chi connectivity index (χ0v) is 10.9. The van der Waals surface area contributed by atoms with Gasteiger partial charge in [0.1, 0.15) is 5.78 Å². The van der Waals surface area contributed by atoms with Crippen molar-refractivity contribution >= 4 is 5.78 Å². The van der Waals surface area contributed by atoms with Gasteiger partial charge in [0.25, 0.3) is 0 Å². The summed E-state index contributed by atoms with van der Waals surface area (Å²) in [6.45, 7) is 3.86. The molecule has 1 aromatic carbocycles. The van der Waals surface area contributed by atoms with E-state index in [9.17, 15) is 4.79 Å². The molecule has 0 N–H and O–H groups in total. The molecule has 17 heavy (non-hydrogen) atoms. The number of methoxy groups -OCH3 is 2. The molecule has 1 unspecified atom stereocenters. The van der Waals surface area contributed by atoms with Gasteiger partial charge in [0, 0.05) is 12.3 Å². The van der Waals surface area contributed by atoms with E-state index in [0.717, 1.165) is 12.0 Å². The van der Waals surface area contributed by atoms with Crippen LogP contribution in [-0.2, 0) is 11.2 Å². The van der Waals surface area contributed by atoms with Gasteiger partial charge in [-0.15, -0.1) is 0 Å². The monoisotopic (exact) mass is 236 g/mol. The van der Waals surface area contributed by atoms with Gasteiger partial charge in [0.15, 0.2) is 11.5 Å². The molecule has 1 aromatic rings. The van der Waals surface area contributed by atoms with Crippen LogP contribution in [0.4, 0.5) is 0 Å². The Balaban J connectivity index is 2.82. The van der Waals surface area contributed by atoms with Crippen molar-refractivity contribution in [3.8, 4) is 11.5 Å². The molecule has 94 valence electrons. The van der Waals surface area contributed by atoms with E-state index >= 15 is 0 Å². The summed E-state index contributed by atoms with van der Waals surface area (Å²) >= 11 is 0. The van der Waals surface area contributed by atoms with Gasteiger partial charge >= 0.3 is 0 Å². The molecule has 0 aliphatic rings. The van der Waals surface area contributed by atoms with Crippen molar-refractivity contribution in [1.29, 1.82) is 0 Å². The van der Waals surface area contributed by atoms with Crippen molar-refractivity contribution in [1.82, 2.24) is 0 Å². The van der Waals surface area contributed by atoms with Crippen molar-refractivity contribution in [3.63, 3.8) is 0 Å². The average Bonchev–Trinajstić information content (AvgIpc) is 2.37. The highest BCUT2D eigenvalue weighted by molar-refractivity contribution is 5.80. The van der Waals surface area contributed by atoms with Crippen LogP contribution in [-0.4, -0.2) is 20.0 Å². The summed E-state index contributed by atoms with van der Waals surface area (Å²) in [5.74, 6) is 1.77. The first-order valence-corrected chi connectivity index (χ1v) is 5.86. The zero-order valence-electron chi connectivity index (χ0n) is 10.9. The maximum atomic E-state index is 11.5. The maximum absolute atomic E-state index is 11.5. The summed E-state index contributed by atoms with van der Waals surface area (Å²) in [5.41, 5.74) is 1.09. The Bertz CT molecular complexity index is 385. The van der Waals surface area contributed by atoms with Crippen molar-refractivity contribution in [2.24, 2.45) is 5.92 Å². The highest BCUT2D eigenvalue weighted by atomic mass is 16.5. The topological polar surface area (TPSA) is 35.5 Å². The quantitative estimate of drug-likeness (QED) is 0.762. The van der Waals surface area contributed by atoms with Gasteiger partial charge in [-0.1, -0.05) is 19.9 Å². The van der Waals surface area contributed by atoms with Crippen LogP contribution in [0.1, 0.15) is 25.8 Å². The van der Waals surface area contributed by atoms with Crippen LogP contribution in [0.2, 0.25) is 0 Å². The number of ketones is 1. The molecular formula is C14H20O3. The summed E-state index contributed by atoms with van der Waals surface area (Å²) in [6.07, 6.45) is 1.33. The second-order valence-corrected chi connectivity index (χ2v) is 4.11. The first kappa shape index (κ1) is 13.6. The molecule has 0 saturated heterocycles. The van der Waals surface area contributed by atoms with Crippen molar-refractivity contribution in [2.75, 3.05) is 14.2 Å². The third-order valence-electron chi connectivity index (χ3n) is 2.89. The van der Waals surface area contributed by atoms with Crippen molar-refractivity contribution in [3.05, 3.63) is 23.8 Å². The van der Waals surface area contributed by atoms with Gasteiger partial charge in [0.05, 0.1) is 14.2 Å². The minimum Gasteiger partial charge on any atom is -0.493 e. The van der Waals surface area contributed by atoms with E-state index in [1.54, 1.807) is 14.2 Å². The molecule has 3 heteroatoms. The molecular weight excluding hydrogens is 216 g/mol. The molecule has 0 radical (unpaired) electrons. The lowest BCUT2D eigenvalue weighted by atomic mass is 9.95. The lowest BCUT2D eigenvalue weighted by molar-refractivity contribution is -0.122. The Morgan fingerprint density at radius 2 is 1.88 bits per heavy atom. The molecule has 0 amide bonds. The predicted molar refractivity (Wildman–Crippen MR) is 67.7 cm³/mol. The molecule has 0 aromatic heterocycles. The summed E-state index contributed by atoms with van der Waals surface area (Å²) in [6, 6.07) is 5.77. The number of hydrogen-bond acceptors (Lipinski definition) is 3. The maximum Gasteiger partial charge on any atom is 0.160 e.